The maximum absolute atomic E-state index is 12.0. The summed E-state index contributed by atoms with van der Waals surface area (Å²) in [5, 5.41) is 11.0. The molecule has 4 heterocycles. The molecule has 0 aromatic rings. The van der Waals surface area contributed by atoms with E-state index in [4.69, 9.17) is 23.7 Å². The molecule has 170 valence electrons. The number of carbonyl (C=O) groups is 2. The van der Waals surface area contributed by atoms with Crippen LogP contribution in [0.4, 0.5) is 0 Å². The van der Waals surface area contributed by atoms with Crippen LogP contribution >= 0.6 is 0 Å². The van der Waals surface area contributed by atoms with Gasteiger partial charge in [0, 0.05) is 6.42 Å². The lowest BCUT2D eigenvalue weighted by atomic mass is 9.83. The third-order valence-electron chi connectivity index (χ3n) is 7.23. The summed E-state index contributed by atoms with van der Waals surface area (Å²) < 4.78 is 29.8. The molecular weight excluding hydrogens is 392 g/mol. The maximum Gasteiger partial charge on any atom is 0.309 e. The second kappa shape index (κ2) is 8.04. The Morgan fingerprint density at radius 1 is 1.20 bits per heavy atom. The maximum atomic E-state index is 12.0. The Bertz CT molecular complexity index is 678. The van der Waals surface area contributed by atoms with Gasteiger partial charge in [-0.05, 0) is 46.0 Å². The second-order valence-corrected chi connectivity index (χ2v) is 9.78. The molecule has 4 aliphatic rings. The molecule has 0 aliphatic carbocycles. The number of fused-ring (bicyclic) bond motifs is 3. The zero-order valence-electron chi connectivity index (χ0n) is 18.3. The van der Waals surface area contributed by atoms with Gasteiger partial charge in [-0.1, -0.05) is 6.92 Å². The van der Waals surface area contributed by atoms with E-state index in [2.05, 4.69) is 6.92 Å². The Morgan fingerprint density at radius 2 is 1.97 bits per heavy atom. The van der Waals surface area contributed by atoms with Crippen LogP contribution in [0.5, 0.6) is 0 Å². The van der Waals surface area contributed by atoms with Gasteiger partial charge in [-0.2, -0.15) is 0 Å². The van der Waals surface area contributed by atoms with Gasteiger partial charge in [0.25, 0.3) is 0 Å². The van der Waals surface area contributed by atoms with Crippen molar-refractivity contribution in [1.82, 2.24) is 0 Å². The summed E-state index contributed by atoms with van der Waals surface area (Å²) in [6.07, 6.45) is 1.00. The van der Waals surface area contributed by atoms with Crippen LogP contribution in [0.2, 0.25) is 0 Å². The van der Waals surface area contributed by atoms with Gasteiger partial charge < -0.3 is 28.8 Å². The number of hydrogen-bond acceptors (Lipinski definition) is 8. The molecule has 0 aromatic carbocycles. The van der Waals surface area contributed by atoms with Gasteiger partial charge >= 0.3 is 11.9 Å². The van der Waals surface area contributed by atoms with Crippen LogP contribution in [0.25, 0.3) is 0 Å². The monoisotopic (exact) mass is 426 g/mol. The molecule has 0 unspecified atom stereocenters. The summed E-state index contributed by atoms with van der Waals surface area (Å²) in [6, 6.07) is 0. The average Bonchev–Trinajstić information content (AvgIpc) is 2.77. The fraction of sp³-hybridized carbons (Fsp3) is 0.909. The normalized spacial score (nSPS) is 48.4. The molecule has 0 saturated carbocycles. The number of rotatable bonds is 3. The quantitative estimate of drug-likeness (QED) is 0.683. The van der Waals surface area contributed by atoms with E-state index in [1.54, 1.807) is 13.8 Å². The van der Waals surface area contributed by atoms with E-state index < -0.39 is 17.3 Å². The smallest absolute Gasteiger partial charge is 0.309 e. The van der Waals surface area contributed by atoms with Gasteiger partial charge in [0.15, 0.2) is 0 Å². The molecule has 9 atom stereocenters. The zero-order valence-corrected chi connectivity index (χ0v) is 18.3. The number of carbonyl (C=O) groups excluding carboxylic acids is 2. The highest BCUT2D eigenvalue weighted by molar-refractivity contribution is 5.73. The minimum absolute atomic E-state index is 0.0156. The number of aliphatic hydroxyl groups is 1. The van der Waals surface area contributed by atoms with Gasteiger partial charge in [0.05, 0.1) is 55.6 Å². The van der Waals surface area contributed by atoms with Crippen LogP contribution in [0.3, 0.4) is 0 Å². The van der Waals surface area contributed by atoms with E-state index >= 15 is 0 Å². The molecule has 4 saturated heterocycles. The van der Waals surface area contributed by atoms with Crippen LogP contribution < -0.4 is 0 Å². The van der Waals surface area contributed by atoms with Crippen molar-refractivity contribution < 1.29 is 38.4 Å². The van der Waals surface area contributed by atoms with E-state index in [9.17, 15) is 14.7 Å². The van der Waals surface area contributed by atoms with Gasteiger partial charge in [0.2, 0.25) is 0 Å². The minimum Gasteiger partial charge on any atom is -0.466 e. The standard InChI is InChI=1S/C22H34O8/c1-5-26-18(23)9-16-21(3,25)11-15-14(28-16)8-12(2)20-13(27-15)6-7-22(4)17(29-20)10-19(24)30-22/h12-17,20,25H,5-11H2,1-4H3/t12-,13+,14-,15+,16+,17-,20+,21+,22+/m0/s1. The van der Waals surface area contributed by atoms with Crippen molar-refractivity contribution in [2.45, 2.75) is 114 Å². The van der Waals surface area contributed by atoms with Crippen molar-refractivity contribution in [2.24, 2.45) is 5.92 Å². The molecule has 8 heteroatoms. The van der Waals surface area contributed by atoms with E-state index in [1.807, 2.05) is 6.92 Å². The fourth-order valence-corrected chi connectivity index (χ4v) is 5.48. The Balaban J connectivity index is 1.50. The fourth-order valence-electron chi connectivity index (χ4n) is 5.48. The van der Waals surface area contributed by atoms with Crippen LogP contribution in [0, 0.1) is 5.92 Å². The summed E-state index contributed by atoms with van der Waals surface area (Å²) in [5.41, 5.74) is -1.80. The summed E-state index contributed by atoms with van der Waals surface area (Å²) >= 11 is 0. The first kappa shape index (κ1) is 22.0. The predicted octanol–water partition coefficient (Wildman–Crippen LogP) is 1.89. The molecule has 4 fully saturated rings. The largest absolute Gasteiger partial charge is 0.466 e. The molecule has 30 heavy (non-hydrogen) atoms. The van der Waals surface area contributed by atoms with Crippen LogP contribution in [-0.4, -0.2) is 71.5 Å². The Morgan fingerprint density at radius 3 is 2.70 bits per heavy atom. The molecule has 1 N–H and O–H groups in total. The first-order valence-electron chi connectivity index (χ1n) is 11.2. The number of hydrogen-bond donors (Lipinski definition) is 1. The molecule has 0 bridgehead atoms. The Hall–Kier alpha value is -1.22. The predicted molar refractivity (Wildman–Crippen MR) is 105 cm³/mol. The van der Waals surface area contributed by atoms with Crippen LogP contribution in [-0.2, 0) is 33.3 Å². The van der Waals surface area contributed by atoms with Crippen molar-refractivity contribution >= 4 is 11.9 Å². The molecule has 4 rings (SSSR count). The highest BCUT2D eigenvalue weighted by Crippen LogP contribution is 2.45. The average molecular weight is 427 g/mol. The lowest BCUT2D eigenvalue weighted by molar-refractivity contribution is -0.231. The van der Waals surface area contributed by atoms with Crippen LogP contribution in [0.15, 0.2) is 0 Å². The molecule has 0 amide bonds. The van der Waals surface area contributed by atoms with Crippen molar-refractivity contribution in [1.29, 1.82) is 0 Å². The topological polar surface area (TPSA) is 101 Å². The summed E-state index contributed by atoms with van der Waals surface area (Å²) in [6.45, 7) is 7.80. The molecule has 0 spiro atoms. The van der Waals surface area contributed by atoms with Crippen molar-refractivity contribution in [3.63, 3.8) is 0 Å². The van der Waals surface area contributed by atoms with Gasteiger partial charge in [-0.15, -0.1) is 0 Å². The lowest BCUT2D eigenvalue weighted by Crippen LogP contribution is -2.55. The summed E-state index contributed by atoms with van der Waals surface area (Å²) in [7, 11) is 0. The van der Waals surface area contributed by atoms with Crippen molar-refractivity contribution in [2.75, 3.05) is 6.61 Å². The first-order chi connectivity index (χ1) is 14.1. The minimum atomic E-state index is -1.19. The van der Waals surface area contributed by atoms with E-state index in [0.717, 1.165) is 0 Å². The molecule has 4 aliphatic heterocycles. The van der Waals surface area contributed by atoms with Crippen LogP contribution in [0.1, 0.15) is 66.2 Å². The Labute approximate surface area is 177 Å². The Kier molecular flexibility index (Phi) is 5.89. The third kappa shape index (κ3) is 4.11. The highest BCUT2D eigenvalue weighted by Gasteiger charge is 2.55. The highest BCUT2D eigenvalue weighted by atomic mass is 16.6. The molecular formula is C22H34O8. The van der Waals surface area contributed by atoms with E-state index in [0.29, 0.717) is 32.3 Å². The molecule has 0 radical (unpaired) electrons. The first-order valence-corrected chi connectivity index (χ1v) is 11.2. The number of esters is 2. The van der Waals surface area contributed by atoms with E-state index in [-0.39, 0.29) is 61.2 Å². The van der Waals surface area contributed by atoms with Crippen molar-refractivity contribution in [3.05, 3.63) is 0 Å². The van der Waals surface area contributed by atoms with Gasteiger partial charge in [-0.25, -0.2) is 0 Å². The van der Waals surface area contributed by atoms with Gasteiger partial charge in [-0.3, -0.25) is 9.59 Å². The third-order valence-corrected chi connectivity index (χ3v) is 7.23. The second-order valence-electron chi connectivity index (χ2n) is 9.78. The van der Waals surface area contributed by atoms with Crippen molar-refractivity contribution in [3.8, 4) is 0 Å². The van der Waals surface area contributed by atoms with E-state index in [1.165, 1.54) is 0 Å². The summed E-state index contributed by atoms with van der Waals surface area (Å²) in [4.78, 5) is 23.9. The molecule has 0 aromatic heterocycles. The van der Waals surface area contributed by atoms with Gasteiger partial charge in [0.1, 0.15) is 11.7 Å². The number of ether oxygens (including phenoxy) is 5. The SMILES string of the molecule is CCOC(=O)C[C@H]1O[C@H]2C[C@H](C)[C@H]3O[C@H]4CC(=O)O[C@]4(C)CC[C@H]3O[C@@H]2C[C@@]1(C)O. The lowest BCUT2D eigenvalue weighted by Gasteiger charge is -2.45. The zero-order chi connectivity index (χ0) is 21.7. The molecule has 8 nitrogen and oxygen atoms in total. The summed E-state index contributed by atoms with van der Waals surface area (Å²) in [5.74, 6) is -0.449.